The Morgan fingerprint density at radius 1 is 0.271 bits per heavy atom. The van der Waals surface area contributed by atoms with Gasteiger partial charge < -0.3 is 34.2 Å². The quantitative estimate of drug-likeness (QED) is 0.0146. The summed E-state index contributed by atoms with van der Waals surface area (Å²) in [4.78, 5) is 58.7. The molecule has 0 bridgehead atoms. The summed E-state index contributed by atoms with van der Waals surface area (Å²) < 4.78 is 61.2. The summed E-state index contributed by atoms with van der Waals surface area (Å²) in [7, 11) is -9.79. The second-order valence-corrected chi connectivity index (χ2v) is 31.2. The summed E-state index contributed by atoms with van der Waals surface area (Å²) in [5.74, 6) is -1.58. The Kier molecular flexibility index (Phi) is 77.9. The lowest BCUT2D eigenvalue weighted by Gasteiger charge is -2.21. The van der Waals surface area contributed by atoms with Gasteiger partial charge in [0.1, 0.15) is 25.4 Å². The van der Waals surface area contributed by atoms with Crippen molar-refractivity contribution in [2.24, 2.45) is 0 Å². The predicted molar refractivity (Wildman–Crippen MR) is 445 cm³/mol. The van der Waals surface area contributed by atoms with Crippen molar-refractivity contribution in [1.82, 2.24) is 0 Å². The maximum Gasteiger partial charge on any atom is 0.472 e. The Labute approximate surface area is 652 Å². The number of rotatable bonds is 80. The maximum atomic E-state index is 13.0. The number of hydrogen-bond acceptors (Lipinski definition) is 14. The average molecular weight is 1540 g/mol. The fourth-order valence-corrected chi connectivity index (χ4v) is 13.0. The number of aliphatic hydroxyl groups is 2. The van der Waals surface area contributed by atoms with Crippen LogP contribution in [-0.2, 0) is 55.8 Å². The van der Waals surface area contributed by atoms with Crippen molar-refractivity contribution in [1.29, 1.82) is 0 Å². The minimum atomic E-state index is -4.93. The molecule has 0 aromatic rings. The highest BCUT2D eigenvalue weighted by atomic mass is 31.2. The minimum Gasteiger partial charge on any atom is -0.463 e. The molecule has 16 nitrogen and oxygen atoms in total. The largest absolute Gasteiger partial charge is 0.472 e. The van der Waals surface area contributed by atoms with Gasteiger partial charge in [0.05, 0.1) is 26.4 Å². The number of carbonyl (C=O) groups is 3. The van der Waals surface area contributed by atoms with Crippen LogP contribution in [0.5, 0.6) is 0 Å². The summed E-state index contributed by atoms with van der Waals surface area (Å²) in [6.07, 6.45) is 99.4. The number of ether oxygens (including phenoxy) is 3. The maximum absolute atomic E-state index is 13.0. The zero-order chi connectivity index (χ0) is 78.0. The van der Waals surface area contributed by atoms with Crippen LogP contribution in [0.25, 0.3) is 0 Å². The lowest BCUT2D eigenvalue weighted by Crippen LogP contribution is -2.30. The molecule has 4 N–H and O–H groups in total. The Balaban J connectivity index is 4.44. The molecule has 5 atom stereocenters. The zero-order valence-corrected chi connectivity index (χ0v) is 69.3. The van der Waals surface area contributed by atoms with Crippen molar-refractivity contribution in [3.63, 3.8) is 0 Å². The summed E-state index contributed by atoms with van der Waals surface area (Å²) >= 11 is 0. The topological polar surface area (TPSA) is 231 Å². The van der Waals surface area contributed by atoms with Crippen molar-refractivity contribution in [3.05, 3.63) is 134 Å². The molecule has 5 unspecified atom stereocenters. The number of unbranched alkanes of at least 4 members (excludes halogenated alkanes) is 35. The molecule has 616 valence electrons. The van der Waals surface area contributed by atoms with Crippen LogP contribution >= 0.6 is 15.6 Å². The lowest BCUT2D eigenvalue weighted by molar-refractivity contribution is -0.161. The Hall–Kier alpha value is -4.31. The van der Waals surface area contributed by atoms with Gasteiger partial charge in [-0.15, -0.1) is 0 Å². The fourth-order valence-electron chi connectivity index (χ4n) is 11.4. The highest BCUT2D eigenvalue weighted by Gasteiger charge is 2.29. The molecule has 0 aromatic heterocycles. The molecular formula is C89H154O16P2. The minimum absolute atomic E-state index is 0.0924. The van der Waals surface area contributed by atoms with Gasteiger partial charge in [-0.1, -0.05) is 328 Å². The molecule has 0 aliphatic rings. The van der Waals surface area contributed by atoms with E-state index in [4.69, 9.17) is 32.3 Å². The fraction of sp³-hybridized carbons (Fsp3) is 0.719. The van der Waals surface area contributed by atoms with Gasteiger partial charge in [-0.25, -0.2) is 9.13 Å². The van der Waals surface area contributed by atoms with Crippen LogP contribution in [0.15, 0.2) is 134 Å². The molecule has 0 saturated carbocycles. The van der Waals surface area contributed by atoms with E-state index >= 15 is 0 Å². The molecule has 0 aliphatic carbocycles. The summed E-state index contributed by atoms with van der Waals surface area (Å²) in [6, 6.07) is 0. The third-order valence-electron chi connectivity index (χ3n) is 17.8. The van der Waals surface area contributed by atoms with Gasteiger partial charge >= 0.3 is 33.6 Å². The van der Waals surface area contributed by atoms with E-state index in [0.29, 0.717) is 19.3 Å². The molecular weight excluding hydrogens is 1390 g/mol. The zero-order valence-electron chi connectivity index (χ0n) is 67.5. The smallest absolute Gasteiger partial charge is 0.463 e. The second kappa shape index (κ2) is 81.2. The Bertz CT molecular complexity index is 2480. The number of esters is 3. The van der Waals surface area contributed by atoms with Gasteiger partial charge in [0.15, 0.2) is 6.10 Å². The first-order chi connectivity index (χ1) is 52.2. The van der Waals surface area contributed by atoms with Crippen molar-refractivity contribution in [2.75, 3.05) is 39.6 Å². The normalized spacial score (nSPS) is 14.6. The van der Waals surface area contributed by atoms with Gasteiger partial charge in [0.25, 0.3) is 0 Å². The van der Waals surface area contributed by atoms with Gasteiger partial charge in [-0.2, -0.15) is 0 Å². The summed E-state index contributed by atoms with van der Waals surface area (Å²) in [5, 5.41) is 20.7. The van der Waals surface area contributed by atoms with Crippen LogP contribution in [0, 0.1) is 0 Å². The molecule has 0 heterocycles. The third-order valence-corrected chi connectivity index (χ3v) is 19.7. The average Bonchev–Trinajstić information content (AvgIpc) is 0.908. The van der Waals surface area contributed by atoms with E-state index in [1.54, 1.807) is 0 Å². The summed E-state index contributed by atoms with van der Waals surface area (Å²) in [5.41, 5.74) is 0. The molecule has 0 amide bonds. The van der Waals surface area contributed by atoms with Crippen molar-refractivity contribution in [3.8, 4) is 0 Å². The number of allylic oxidation sites excluding steroid dienone is 22. The Morgan fingerprint density at radius 2 is 0.495 bits per heavy atom. The number of aliphatic hydroxyl groups excluding tert-OH is 2. The van der Waals surface area contributed by atoms with E-state index in [2.05, 4.69) is 154 Å². The van der Waals surface area contributed by atoms with E-state index in [-0.39, 0.29) is 19.3 Å². The number of carbonyl (C=O) groups excluding carboxylic acids is 3. The van der Waals surface area contributed by atoms with Gasteiger partial charge in [-0.05, 0) is 141 Å². The summed E-state index contributed by atoms with van der Waals surface area (Å²) in [6.45, 7) is 2.53. The van der Waals surface area contributed by atoms with Crippen molar-refractivity contribution < 1.29 is 75.8 Å². The van der Waals surface area contributed by atoms with Crippen LogP contribution < -0.4 is 0 Å². The van der Waals surface area contributed by atoms with E-state index in [9.17, 15) is 43.5 Å². The molecule has 0 spiro atoms. The molecule has 18 heteroatoms. The molecule has 0 rings (SSSR count). The molecule has 0 radical (unpaired) electrons. The van der Waals surface area contributed by atoms with Gasteiger partial charge in [-0.3, -0.25) is 32.5 Å². The molecule has 0 saturated heterocycles. The van der Waals surface area contributed by atoms with Crippen LogP contribution in [0.3, 0.4) is 0 Å². The molecule has 107 heavy (non-hydrogen) atoms. The van der Waals surface area contributed by atoms with Crippen LogP contribution in [0.1, 0.15) is 355 Å². The standard InChI is InChI=1S/C89H154O16P2/c1-4-7-10-13-16-19-22-25-27-29-31-33-35-37-38-39-40-41-42-43-44-46-48-49-51-53-55-58-60-63-66-69-72-75-87(92)99-78-84(90)79-101-106(95,96)102-80-85(91)81-103-107(97,98)104-83-86(105-89(94)77-74-71-68-65-62-57-24-21-18-15-12-9-6-3)82-100-88(93)76-73-70-67-64-61-59-56-54-52-50-47-45-36-34-32-30-28-26-23-20-17-14-11-8-5-2/h7,10,16-17,19-21,24-28,31-34,37-38,40-41,45,47,84-86,90-91H,4-6,8-9,11-15,18,22-23,29-30,35-36,39,42-44,46,48-83H2,1-3H3,(H,95,96)(H,97,98)/b10-7-,19-16-,20-17-,24-21-,27-25-,28-26-,33-31-,34-32-,38-37-,41-40-,47-45-. The number of hydrogen-bond donors (Lipinski definition) is 4. The van der Waals surface area contributed by atoms with Gasteiger partial charge in [0.2, 0.25) is 0 Å². The number of phosphoric ester groups is 2. The van der Waals surface area contributed by atoms with E-state index in [0.717, 1.165) is 154 Å². The third kappa shape index (κ3) is 82.5. The van der Waals surface area contributed by atoms with Crippen molar-refractivity contribution >= 4 is 33.6 Å². The first-order valence-electron chi connectivity index (χ1n) is 42.5. The highest BCUT2D eigenvalue weighted by molar-refractivity contribution is 7.47. The monoisotopic (exact) mass is 1540 g/mol. The van der Waals surface area contributed by atoms with E-state index in [1.807, 2.05) is 0 Å². The lowest BCUT2D eigenvalue weighted by atomic mass is 10.0. The molecule has 0 fully saturated rings. The first-order valence-corrected chi connectivity index (χ1v) is 45.5. The highest BCUT2D eigenvalue weighted by Crippen LogP contribution is 2.45. The second-order valence-electron chi connectivity index (χ2n) is 28.2. The van der Waals surface area contributed by atoms with E-state index < -0.39 is 91.5 Å². The molecule has 0 aromatic carbocycles. The van der Waals surface area contributed by atoms with Crippen LogP contribution in [-0.4, -0.2) is 95.9 Å². The van der Waals surface area contributed by atoms with Crippen LogP contribution in [0.2, 0.25) is 0 Å². The van der Waals surface area contributed by atoms with E-state index in [1.165, 1.54) is 141 Å². The van der Waals surface area contributed by atoms with Crippen molar-refractivity contribution in [2.45, 2.75) is 373 Å². The predicted octanol–water partition coefficient (Wildman–Crippen LogP) is 25.4. The van der Waals surface area contributed by atoms with Gasteiger partial charge in [0, 0.05) is 19.3 Å². The number of phosphoric acid groups is 2. The SMILES string of the molecule is CC/C=C\C/C=C\C/C=C\C/C=C\C/C=C\C/C=C\CCCCCCCCCCCCCCCCC(=O)OCC(O)COP(=O)(O)OCC(O)COP(=O)(O)OCC(COC(=O)CCCCCCCCCCC/C=C\C/C=C\C/C=C\C/C=C\CCCCC)OC(=O)CCCCCCC/C=C\CCCCCC. The molecule has 0 aliphatic heterocycles. The Morgan fingerprint density at radius 3 is 0.813 bits per heavy atom. The van der Waals surface area contributed by atoms with Crippen LogP contribution in [0.4, 0.5) is 0 Å². The first kappa shape index (κ1) is 103.